The second-order valence-corrected chi connectivity index (χ2v) is 5.51. The van der Waals surface area contributed by atoms with Crippen LogP contribution in [0.1, 0.15) is 13.3 Å². The van der Waals surface area contributed by atoms with Gasteiger partial charge in [0.25, 0.3) is 5.69 Å². The highest BCUT2D eigenvalue weighted by atomic mass is 19.1. The van der Waals surface area contributed by atoms with Crippen molar-refractivity contribution < 1.29 is 24.0 Å². The predicted octanol–water partition coefficient (Wildman–Crippen LogP) is 2.29. The third-order valence-electron chi connectivity index (χ3n) is 3.80. The van der Waals surface area contributed by atoms with Crippen molar-refractivity contribution in [3.63, 3.8) is 0 Å². The zero-order valence-corrected chi connectivity index (χ0v) is 12.3. The molecule has 2 rings (SSSR count). The van der Waals surface area contributed by atoms with Crippen LogP contribution in [0.15, 0.2) is 12.1 Å². The van der Waals surface area contributed by atoms with Gasteiger partial charge in [0.1, 0.15) is 5.69 Å². The Balaban J connectivity index is 2.45. The van der Waals surface area contributed by atoms with Crippen molar-refractivity contribution >= 4 is 17.3 Å². The first-order valence-corrected chi connectivity index (χ1v) is 6.83. The molecule has 1 saturated heterocycles. The fourth-order valence-electron chi connectivity index (χ4n) is 2.82. The van der Waals surface area contributed by atoms with Gasteiger partial charge in [0.2, 0.25) is 0 Å². The largest absolute Gasteiger partial charge is 0.494 e. The van der Waals surface area contributed by atoms with Crippen LogP contribution in [0.3, 0.4) is 0 Å². The van der Waals surface area contributed by atoms with Crippen LogP contribution < -0.4 is 9.64 Å². The molecule has 2 unspecified atom stereocenters. The first kappa shape index (κ1) is 16.0. The van der Waals surface area contributed by atoms with Gasteiger partial charge in [0, 0.05) is 19.2 Å². The van der Waals surface area contributed by atoms with E-state index in [0.717, 1.165) is 6.07 Å². The molecule has 1 aromatic carbocycles. The Kier molecular flexibility index (Phi) is 4.48. The molecule has 120 valence electrons. The molecule has 0 aromatic heterocycles. The average molecular weight is 312 g/mol. The lowest BCUT2D eigenvalue weighted by atomic mass is 9.90. The molecule has 1 aliphatic rings. The molecule has 22 heavy (non-hydrogen) atoms. The monoisotopic (exact) mass is 312 g/mol. The van der Waals surface area contributed by atoms with E-state index >= 15 is 0 Å². The lowest BCUT2D eigenvalue weighted by molar-refractivity contribution is -0.384. The maximum Gasteiger partial charge on any atom is 0.308 e. The summed E-state index contributed by atoms with van der Waals surface area (Å²) in [5.74, 6) is -2.42. The molecular formula is C14H17FN2O5. The van der Waals surface area contributed by atoms with E-state index in [1.165, 1.54) is 13.2 Å². The summed E-state index contributed by atoms with van der Waals surface area (Å²) in [5.41, 5.74) is -0.211. The SMILES string of the molecule is COc1cc(N2CC(C)CC(C(=O)O)C2)c([N+](=O)[O-])cc1F. The summed E-state index contributed by atoms with van der Waals surface area (Å²) in [6, 6.07) is 2.06. The smallest absolute Gasteiger partial charge is 0.308 e. The molecule has 1 aliphatic heterocycles. The summed E-state index contributed by atoms with van der Waals surface area (Å²) in [4.78, 5) is 23.3. The van der Waals surface area contributed by atoms with Crippen molar-refractivity contribution in [3.05, 3.63) is 28.1 Å². The molecule has 0 radical (unpaired) electrons. The van der Waals surface area contributed by atoms with Gasteiger partial charge < -0.3 is 14.7 Å². The number of halogens is 1. The van der Waals surface area contributed by atoms with Crippen molar-refractivity contribution in [2.24, 2.45) is 11.8 Å². The number of rotatable bonds is 4. The molecule has 7 nitrogen and oxygen atoms in total. The van der Waals surface area contributed by atoms with Gasteiger partial charge in [0.05, 0.1) is 24.0 Å². The molecular weight excluding hydrogens is 295 g/mol. The Morgan fingerprint density at radius 1 is 1.50 bits per heavy atom. The van der Waals surface area contributed by atoms with E-state index in [1.807, 2.05) is 6.92 Å². The number of ether oxygens (including phenoxy) is 1. The molecule has 2 atom stereocenters. The number of anilines is 1. The topological polar surface area (TPSA) is 92.9 Å². The zero-order chi connectivity index (χ0) is 16.4. The van der Waals surface area contributed by atoms with Crippen LogP contribution in [0.4, 0.5) is 15.8 Å². The van der Waals surface area contributed by atoms with Gasteiger partial charge in [-0.2, -0.15) is 0 Å². The highest BCUT2D eigenvalue weighted by molar-refractivity contribution is 5.73. The van der Waals surface area contributed by atoms with Crippen LogP contribution >= 0.6 is 0 Å². The first-order chi connectivity index (χ1) is 10.3. The van der Waals surface area contributed by atoms with Crippen molar-refractivity contribution in [1.29, 1.82) is 0 Å². The van der Waals surface area contributed by atoms with E-state index in [9.17, 15) is 24.4 Å². The van der Waals surface area contributed by atoms with Crippen LogP contribution in [-0.2, 0) is 4.79 Å². The number of aliphatic carboxylic acids is 1. The van der Waals surface area contributed by atoms with E-state index < -0.39 is 28.3 Å². The van der Waals surface area contributed by atoms with Crippen LogP contribution in [0.25, 0.3) is 0 Å². The fraction of sp³-hybridized carbons (Fsp3) is 0.500. The third-order valence-corrected chi connectivity index (χ3v) is 3.80. The van der Waals surface area contributed by atoms with Crippen LogP contribution in [-0.4, -0.2) is 36.2 Å². The van der Waals surface area contributed by atoms with Crippen molar-refractivity contribution in [2.45, 2.75) is 13.3 Å². The number of carboxylic acid groups (broad SMARTS) is 1. The van der Waals surface area contributed by atoms with Crippen LogP contribution in [0.2, 0.25) is 0 Å². The molecule has 1 aromatic rings. The van der Waals surface area contributed by atoms with E-state index in [-0.39, 0.29) is 23.9 Å². The molecule has 8 heteroatoms. The molecule has 1 heterocycles. The second-order valence-electron chi connectivity index (χ2n) is 5.51. The van der Waals surface area contributed by atoms with Crippen LogP contribution in [0.5, 0.6) is 5.75 Å². The number of nitrogens with zero attached hydrogens (tertiary/aromatic N) is 2. The van der Waals surface area contributed by atoms with Gasteiger partial charge in [-0.05, 0) is 12.3 Å². The maximum atomic E-state index is 13.7. The summed E-state index contributed by atoms with van der Waals surface area (Å²) in [6.07, 6.45) is 0.512. The van der Waals surface area contributed by atoms with Gasteiger partial charge in [-0.3, -0.25) is 14.9 Å². The number of benzene rings is 1. The van der Waals surface area contributed by atoms with Crippen molar-refractivity contribution in [3.8, 4) is 5.75 Å². The highest BCUT2D eigenvalue weighted by Gasteiger charge is 2.33. The number of nitro groups is 1. The molecule has 1 N–H and O–H groups in total. The molecule has 1 fully saturated rings. The number of carbonyl (C=O) groups is 1. The van der Waals surface area contributed by atoms with Gasteiger partial charge in [-0.15, -0.1) is 0 Å². The minimum absolute atomic E-state index is 0.0607. The van der Waals surface area contributed by atoms with E-state index in [2.05, 4.69) is 0 Å². The molecule has 0 spiro atoms. The van der Waals surface area contributed by atoms with Crippen LogP contribution in [0, 0.1) is 27.8 Å². The van der Waals surface area contributed by atoms with Gasteiger partial charge in [-0.1, -0.05) is 6.92 Å². The number of piperidine rings is 1. The van der Waals surface area contributed by atoms with Gasteiger partial charge in [0.15, 0.2) is 11.6 Å². The minimum Gasteiger partial charge on any atom is -0.494 e. The second kappa shape index (κ2) is 6.17. The Morgan fingerprint density at radius 3 is 2.73 bits per heavy atom. The number of nitro benzene ring substituents is 1. The van der Waals surface area contributed by atoms with E-state index in [1.54, 1.807) is 4.90 Å². The number of methoxy groups -OCH3 is 1. The number of hydrogen-bond acceptors (Lipinski definition) is 5. The molecule has 0 amide bonds. The van der Waals surface area contributed by atoms with E-state index in [4.69, 9.17) is 4.74 Å². The van der Waals surface area contributed by atoms with Crippen molar-refractivity contribution in [2.75, 3.05) is 25.1 Å². The lowest BCUT2D eigenvalue weighted by Gasteiger charge is -2.36. The fourth-order valence-corrected chi connectivity index (χ4v) is 2.82. The number of carboxylic acids is 1. The average Bonchev–Trinajstić information content (AvgIpc) is 2.46. The summed E-state index contributed by atoms with van der Waals surface area (Å²) < 4.78 is 18.6. The minimum atomic E-state index is -0.937. The van der Waals surface area contributed by atoms with E-state index in [0.29, 0.717) is 13.0 Å². The van der Waals surface area contributed by atoms with Crippen molar-refractivity contribution in [1.82, 2.24) is 0 Å². The highest BCUT2D eigenvalue weighted by Crippen LogP contribution is 2.37. The maximum absolute atomic E-state index is 13.7. The number of hydrogen-bond donors (Lipinski definition) is 1. The summed E-state index contributed by atoms with van der Waals surface area (Å²) in [7, 11) is 1.27. The Labute approximate surface area is 126 Å². The first-order valence-electron chi connectivity index (χ1n) is 6.83. The quantitative estimate of drug-likeness (QED) is 0.677. The van der Waals surface area contributed by atoms with Gasteiger partial charge >= 0.3 is 5.97 Å². The molecule has 0 bridgehead atoms. The summed E-state index contributed by atoms with van der Waals surface area (Å²) in [5, 5.41) is 20.4. The standard InChI is InChI=1S/C14H17FN2O5/c1-8-3-9(14(18)19)7-16(6-8)11-5-13(22-2)10(15)4-12(11)17(20)21/h4-5,8-9H,3,6-7H2,1-2H3,(H,18,19). The summed E-state index contributed by atoms with van der Waals surface area (Å²) >= 11 is 0. The van der Waals surface area contributed by atoms with Gasteiger partial charge in [-0.25, -0.2) is 4.39 Å². The molecule has 0 saturated carbocycles. The Morgan fingerprint density at radius 2 is 2.18 bits per heavy atom. The predicted molar refractivity (Wildman–Crippen MR) is 76.7 cm³/mol. The molecule has 0 aliphatic carbocycles. The normalized spacial score (nSPS) is 21.5. The Bertz CT molecular complexity index is 607. The Hall–Kier alpha value is -2.38. The summed E-state index contributed by atoms with van der Waals surface area (Å²) in [6.45, 7) is 2.50. The zero-order valence-electron chi connectivity index (χ0n) is 12.3. The third kappa shape index (κ3) is 3.10. The lowest BCUT2D eigenvalue weighted by Crippen LogP contribution is -2.42.